The van der Waals surface area contributed by atoms with Crippen molar-refractivity contribution in [1.82, 2.24) is 30.4 Å². The predicted molar refractivity (Wildman–Crippen MR) is 176 cm³/mol. The number of ketones is 2. The van der Waals surface area contributed by atoms with E-state index >= 15 is 0 Å². The van der Waals surface area contributed by atoms with Crippen LogP contribution in [0.15, 0.2) is 60.9 Å². The Labute approximate surface area is 280 Å². The Morgan fingerprint density at radius 2 is 1.02 bits per heavy atom. The summed E-state index contributed by atoms with van der Waals surface area (Å²) in [5.41, 5.74) is 4.52. The highest BCUT2D eigenvalue weighted by Crippen LogP contribution is 2.39. The normalized spacial score (nSPS) is 16.0. The monoisotopic (exact) mass is 654 g/mol. The van der Waals surface area contributed by atoms with Crippen molar-refractivity contribution in [3.63, 3.8) is 0 Å². The summed E-state index contributed by atoms with van der Waals surface area (Å²) in [6.45, 7) is 1.89. The number of pyridine rings is 2. The number of methoxy groups -OCH3 is 2. The van der Waals surface area contributed by atoms with Crippen LogP contribution in [-0.4, -0.2) is 82.6 Å². The summed E-state index contributed by atoms with van der Waals surface area (Å²) in [6.07, 6.45) is 8.07. The van der Waals surface area contributed by atoms with Crippen LogP contribution in [0.2, 0.25) is 0 Å². The maximum absolute atomic E-state index is 12.7. The fourth-order valence-electron chi connectivity index (χ4n) is 5.71. The minimum Gasteiger partial charge on any atom is -0.490 e. The van der Waals surface area contributed by atoms with Crippen molar-refractivity contribution >= 4 is 11.6 Å². The van der Waals surface area contributed by atoms with E-state index in [2.05, 4.69) is 30.4 Å². The Morgan fingerprint density at radius 3 is 1.40 bits per heavy atom. The number of aromatic nitrogens is 6. The van der Waals surface area contributed by atoms with E-state index in [0.29, 0.717) is 60.7 Å². The van der Waals surface area contributed by atoms with Gasteiger partial charge in [0.1, 0.15) is 36.3 Å². The summed E-state index contributed by atoms with van der Waals surface area (Å²) in [5.74, 6) is 1.83. The van der Waals surface area contributed by atoms with E-state index in [-0.39, 0.29) is 49.1 Å². The van der Waals surface area contributed by atoms with Crippen LogP contribution in [0.25, 0.3) is 0 Å². The molecular weight excluding hydrogens is 612 g/mol. The van der Waals surface area contributed by atoms with Gasteiger partial charge in [0, 0.05) is 50.3 Å². The standard InChI is InChI=1S/C36H42N6O6/c1-45-14-16-47-33-10-6-27(37-23-33)19-31(43)21-29-8-12-35(41-39-29)25-4-3-5-26(18-25)36-13-9-30(40-42-36)22-32(44)20-28-7-11-34(24-38-28)48-17-15-46-2/h6-13,23-26H,3-5,14-22H2,1-2H3/t25-,26-/m0/s1. The molecule has 0 amide bonds. The highest BCUT2D eigenvalue weighted by atomic mass is 16.5. The lowest BCUT2D eigenvalue weighted by atomic mass is 9.78. The molecule has 1 saturated carbocycles. The van der Waals surface area contributed by atoms with E-state index in [4.69, 9.17) is 18.9 Å². The molecule has 1 fully saturated rings. The molecule has 0 aliphatic heterocycles. The third kappa shape index (κ3) is 10.7. The maximum atomic E-state index is 12.7. The maximum Gasteiger partial charge on any atom is 0.144 e. The average Bonchev–Trinajstić information content (AvgIpc) is 3.11. The van der Waals surface area contributed by atoms with Gasteiger partial charge in [-0.3, -0.25) is 19.6 Å². The molecule has 0 spiro atoms. The van der Waals surface area contributed by atoms with Crippen LogP contribution in [-0.2, 0) is 44.7 Å². The van der Waals surface area contributed by atoms with E-state index in [1.165, 1.54) is 0 Å². The Balaban J connectivity index is 1.07. The van der Waals surface area contributed by atoms with Gasteiger partial charge in [-0.25, -0.2) is 0 Å². The zero-order valence-electron chi connectivity index (χ0n) is 27.5. The lowest BCUT2D eigenvalue weighted by Gasteiger charge is -2.28. The zero-order valence-corrected chi connectivity index (χ0v) is 27.5. The van der Waals surface area contributed by atoms with Gasteiger partial charge in [0.25, 0.3) is 0 Å². The van der Waals surface area contributed by atoms with Crippen LogP contribution in [0.3, 0.4) is 0 Å². The molecule has 0 saturated heterocycles. The van der Waals surface area contributed by atoms with Gasteiger partial charge in [0.2, 0.25) is 0 Å². The van der Waals surface area contributed by atoms with Gasteiger partial charge in [-0.1, -0.05) is 6.42 Å². The van der Waals surface area contributed by atoms with Gasteiger partial charge in [-0.15, -0.1) is 0 Å². The summed E-state index contributed by atoms with van der Waals surface area (Å²) in [7, 11) is 3.24. The lowest BCUT2D eigenvalue weighted by Crippen LogP contribution is -2.17. The second-order valence-electron chi connectivity index (χ2n) is 11.9. The van der Waals surface area contributed by atoms with Gasteiger partial charge in [0.05, 0.1) is 61.2 Å². The van der Waals surface area contributed by atoms with E-state index < -0.39 is 0 Å². The van der Waals surface area contributed by atoms with E-state index in [1.54, 1.807) is 50.9 Å². The minimum absolute atomic E-state index is 0.0221. The molecule has 4 aromatic heterocycles. The van der Waals surface area contributed by atoms with Crippen molar-refractivity contribution in [3.8, 4) is 11.5 Å². The molecule has 252 valence electrons. The molecule has 1 aliphatic carbocycles. The summed E-state index contributed by atoms with van der Waals surface area (Å²) in [6, 6.07) is 15.0. The largest absolute Gasteiger partial charge is 0.490 e. The van der Waals surface area contributed by atoms with Crippen LogP contribution in [0.1, 0.15) is 71.7 Å². The van der Waals surface area contributed by atoms with Crippen LogP contribution < -0.4 is 9.47 Å². The minimum atomic E-state index is 0.0221. The molecule has 4 aromatic rings. The van der Waals surface area contributed by atoms with Gasteiger partial charge in [-0.05, 0) is 67.8 Å². The molecule has 12 heteroatoms. The topological polar surface area (TPSA) is 148 Å². The number of hydrogen-bond donors (Lipinski definition) is 0. The summed E-state index contributed by atoms with van der Waals surface area (Å²) >= 11 is 0. The molecular formula is C36H42N6O6. The number of ether oxygens (including phenoxy) is 4. The third-order valence-corrected chi connectivity index (χ3v) is 8.21. The van der Waals surface area contributed by atoms with E-state index in [0.717, 1.165) is 37.1 Å². The molecule has 5 rings (SSSR count). The number of hydrogen-bond acceptors (Lipinski definition) is 12. The quantitative estimate of drug-likeness (QED) is 0.141. The second-order valence-corrected chi connectivity index (χ2v) is 11.9. The molecule has 12 nitrogen and oxygen atoms in total. The van der Waals surface area contributed by atoms with Gasteiger partial charge < -0.3 is 18.9 Å². The van der Waals surface area contributed by atoms with Crippen molar-refractivity contribution in [2.24, 2.45) is 0 Å². The highest BCUT2D eigenvalue weighted by Gasteiger charge is 2.27. The van der Waals surface area contributed by atoms with E-state index in [1.807, 2.05) is 24.3 Å². The van der Waals surface area contributed by atoms with Crippen LogP contribution in [0.5, 0.6) is 11.5 Å². The van der Waals surface area contributed by atoms with Gasteiger partial charge in [0.15, 0.2) is 0 Å². The van der Waals surface area contributed by atoms with E-state index in [9.17, 15) is 9.59 Å². The van der Waals surface area contributed by atoms with Crippen LogP contribution >= 0.6 is 0 Å². The average molecular weight is 655 g/mol. The first kappa shape index (κ1) is 34.6. The third-order valence-electron chi connectivity index (χ3n) is 8.21. The number of carbonyl (C=O) groups excluding carboxylic acids is 2. The van der Waals surface area contributed by atoms with Crippen molar-refractivity contribution in [3.05, 3.63) is 95.1 Å². The molecule has 48 heavy (non-hydrogen) atoms. The smallest absolute Gasteiger partial charge is 0.144 e. The molecule has 0 unspecified atom stereocenters. The Hall–Kier alpha value is -4.68. The molecule has 0 bridgehead atoms. The first-order valence-corrected chi connectivity index (χ1v) is 16.3. The first-order valence-electron chi connectivity index (χ1n) is 16.3. The second kappa shape index (κ2) is 18.0. The fraction of sp³-hybridized carbons (Fsp3) is 0.444. The number of rotatable bonds is 18. The summed E-state index contributed by atoms with van der Waals surface area (Å²) < 4.78 is 21.0. The van der Waals surface area contributed by atoms with Gasteiger partial charge in [-0.2, -0.15) is 20.4 Å². The predicted octanol–water partition coefficient (Wildman–Crippen LogP) is 4.26. The number of nitrogens with zero attached hydrogens (tertiary/aromatic N) is 6. The Bertz CT molecular complexity index is 1460. The number of carbonyl (C=O) groups is 2. The fourth-order valence-corrected chi connectivity index (χ4v) is 5.71. The highest BCUT2D eigenvalue weighted by molar-refractivity contribution is 5.82. The van der Waals surface area contributed by atoms with Crippen molar-refractivity contribution in [1.29, 1.82) is 0 Å². The first-order chi connectivity index (χ1) is 23.5. The SMILES string of the molecule is COCCOc1ccc(CC(=O)Cc2ccc([C@H]3CCC[C@H](c4ccc(CC(=O)Cc5ccc(OCCOC)cn5)nn4)C3)nn2)nc1. The van der Waals surface area contributed by atoms with Crippen LogP contribution in [0.4, 0.5) is 0 Å². The Morgan fingerprint density at radius 1 is 0.583 bits per heavy atom. The lowest BCUT2D eigenvalue weighted by molar-refractivity contribution is -0.118. The molecule has 0 radical (unpaired) electrons. The zero-order chi connectivity index (χ0) is 33.6. The van der Waals surface area contributed by atoms with Gasteiger partial charge >= 0.3 is 0 Å². The Kier molecular flexibility index (Phi) is 13.0. The van der Waals surface area contributed by atoms with Crippen molar-refractivity contribution in [2.75, 3.05) is 40.6 Å². The molecule has 0 N–H and O–H groups in total. The summed E-state index contributed by atoms with van der Waals surface area (Å²) in [4.78, 5) is 34.0. The number of Topliss-reactive ketones (excluding diaryl/α,β-unsaturated/α-hetero) is 2. The molecule has 0 aromatic carbocycles. The van der Waals surface area contributed by atoms with Crippen molar-refractivity contribution in [2.45, 2.75) is 63.2 Å². The summed E-state index contributed by atoms with van der Waals surface area (Å²) in [5, 5.41) is 17.8. The molecule has 4 heterocycles. The molecule has 1 aliphatic rings. The van der Waals surface area contributed by atoms with Crippen molar-refractivity contribution < 1.29 is 28.5 Å². The molecule has 2 atom stereocenters. The van der Waals surface area contributed by atoms with Crippen LogP contribution in [0, 0.1) is 0 Å².